The lowest BCUT2D eigenvalue weighted by Gasteiger charge is -2.11. The van der Waals surface area contributed by atoms with Gasteiger partial charge in [0.25, 0.3) is 11.8 Å². The molecular weight excluding hydrogens is 449 g/mol. The number of oxime groups is 1. The van der Waals surface area contributed by atoms with Crippen LogP contribution in [0.4, 0.5) is 13.2 Å². The molecule has 0 radical (unpaired) electrons. The van der Waals surface area contributed by atoms with Gasteiger partial charge in [-0.15, -0.1) is 5.10 Å². The quantitative estimate of drug-likeness (QED) is 0.418. The van der Waals surface area contributed by atoms with Crippen molar-refractivity contribution in [1.82, 2.24) is 15.1 Å². The number of benzene rings is 2. The minimum absolute atomic E-state index is 0.0176. The van der Waals surface area contributed by atoms with E-state index in [1.807, 2.05) is 0 Å². The molecule has 0 spiro atoms. The second kappa shape index (κ2) is 9.73. The molecule has 11 heteroatoms. The van der Waals surface area contributed by atoms with E-state index in [2.05, 4.69) is 15.6 Å². The number of nitrogens with zero attached hydrogens (tertiary/aromatic N) is 3. The van der Waals surface area contributed by atoms with E-state index >= 15 is 0 Å². The zero-order valence-corrected chi connectivity index (χ0v) is 17.7. The van der Waals surface area contributed by atoms with Crippen LogP contribution < -0.4 is 10.1 Å². The number of likely N-dealkylation sites (N-methyl/N-ethyl adjacent to an activating group) is 1. The Morgan fingerprint density at radius 1 is 1.22 bits per heavy atom. The Morgan fingerprint density at radius 3 is 2.66 bits per heavy atom. The molecule has 7 nitrogen and oxygen atoms in total. The van der Waals surface area contributed by atoms with Crippen LogP contribution in [0.25, 0.3) is 5.69 Å². The molecule has 0 unspecified atom stereocenters. The molecule has 3 rings (SSSR count). The molecule has 0 saturated carbocycles. The van der Waals surface area contributed by atoms with Crippen LogP contribution >= 0.6 is 11.6 Å². The molecular formula is C21H18ClF3N4O3. The van der Waals surface area contributed by atoms with Crippen molar-refractivity contribution >= 4 is 23.2 Å². The number of carbonyl (C=O) groups is 1. The number of alkyl halides is 3. The van der Waals surface area contributed by atoms with Crippen molar-refractivity contribution in [2.24, 2.45) is 5.16 Å². The Kier molecular flexibility index (Phi) is 7.04. The zero-order valence-electron chi connectivity index (χ0n) is 17.0. The number of hydrogen-bond donors (Lipinski definition) is 1. The van der Waals surface area contributed by atoms with Gasteiger partial charge in [0.1, 0.15) is 18.7 Å². The molecule has 168 valence electrons. The number of rotatable bonds is 7. The first-order valence-corrected chi connectivity index (χ1v) is 9.59. The van der Waals surface area contributed by atoms with Gasteiger partial charge in [-0.05, 0) is 23.8 Å². The Labute approximate surface area is 186 Å². The Balaban J connectivity index is 1.85. The van der Waals surface area contributed by atoms with Crippen LogP contribution in [0, 0.1) is 0 Å². The molecule has 1 N–H and O–H groups in total. The maximum Gasteiger partial charge on any atom is 0.416 e. The van der Waals surface area contributed by atoms with Gasteiger partial charge >= 0.3 is 6.18 Å². The molecule has 1 heterocycles. The Hall–Kier alpha value is -3.53. The number of aromatic nitrogens is 2. The largest absolute Gasteiger partial charge is 0.471 e. The van der Waals surface area contributed by atoms with Crippen LogP contribution in [0.1, 0.15) is 16.7 Å². The molecule has 32 heavy (non-hydrogen) atoms. The van der Waals surface area contributed by atoms with Crippen molar-refractivity contribution in [3.8, 4) is 11.6 Å². The van der Waals surface area contributed by atoms with Crippen molar-refractivity contribution < 1.29 is 27.5 Å². The molecule has 2 aromatic carbocycles. The van der Waals surface area contributed by atoms with E-state index in [1.54, 1.807) is 24.3 Å². The van der Waals surface area contributed by atoms with Gasteiger partial charge in [-0.1, -0.05) is 47.1 Å². The summed E-state index contributed by atoms with van der Waals surface area (Å²) in [6.07, 6.45) is -3.14. The topological polar surface area (TPSA) is 77.7 Å². The predicted octanol–water partition coefficient (Wildman–Crippen LogP) is 4.22. The SMILES string of the molecule is CNC(=O)C(=NOC)c1ccccc1COc1nn(-c2cccc(C(F)(F)F)c2)cc1Cl. The van der Waals surface area contributed by atoms with Gasteiger partial charge in [-0.25, -0.2) is 4.68 Å². The van der Waals surface area contributed by atoms with Crippen LogP contribution in [0.5, 0.6) is 5.88 Å². The highest BCUT2D eigenvalue weighted by atomic mass is 35.5. The van der Waals surface area contributed by atoms with Crippen molar-refractivity contribution in [3.05, 3.63) is 76.4 Å². The van der Waals surface area contributed by atoms with Crippen LogP contribution in [-0.4, -0.2) is 35.6 Å². The van der Waals surface area contributed by atoms with Crippen LogP contribution in [-0.2, 0) is 22.4 Å². The normalized spacial score (nSPS) is 11.9. The van der Waals surface area contributed by atoms with Crippen molar-refractivity contribution in [2.75, 3.05) is 14.2 Å². The van der Waals surface area contributed by atoms with Gasteiger partial charge in [0.2, 0.25) is 0 Å². The van der Waals surface area contributed by atoms with E-state index in [-0.39, 0.29) is 28.9 Å². The van der Waals surface area contributed by atoms with Crippen molar-refractivity contribution in [3.63, 3.8) is 0 Å². The third kappa shape index (κ3) is 5.20. The summed E-state index contributed by atoms with van der Waals surface area (Å²) in [5.41, 5.74) is 0.483. The highest BCUT2D eigenvalue weighted by Gasteiger charge is 2.30. The minimum atomic E-state index is -4.48. The lowest BCUT2D eigenvalue weighted by Crippen LogP contribution is -2.29. The van der Waals surface area contributed by atoms with Gasteiger partial charge < -0.3 is 14.9 Å². The van der Waals surface area contributed by atoms with Crippen LogP contribution in [0.15, 0.2) is 59.9 Å². The van der Waals surface area contributed by atoms with Crippen LogP contribution in [0.3, 0.4) is 0 Å². The summed E-state index contributed by atoms with van der Waals surface area (Å²) in [7, 11) is 2.79. The minimum Gasteiger partial charge on any atom is -0.471 e. The van der Waals surface area contributed by atoms with E-state index in [1.165, 1.54) is 37.2 Å². The summed E-state index contributed by atoms with van der Waals surface area (Å²) in [5.74, 6) is -0.435. The lowest BCUT2D eigenvalue weighted by atomic mass is 10.0. The zero-order chi connectivity index (χ0) is 23.3. The molecule has 0 atom stereocenters. The van der Waals surface area contributed by atoms with Crippen molar-refractivity contribution in [1.29, 1.82) is 0 Å². The third-order valence-corrected chi connectivity index (χ3v) is 4.60. The number of ether oxygens (including phenoxy) is 1. The predicted molar refractivity (Wildman–Crippen MR) is 112 cm³/mol. The highest BCUT2D eigenvalue weighted by Crippen LogP contribution is 2.31. The second-order valence-corrected chi connectivity index (χ2v) is 6.83. The number of nitrogens with one attached hydrogen (secondary N) is 1. The summed E-state index contributed by atoms with van der Waals surface area (Å²) in [4.78, 5) is 16.9. The first kappa shape index (κ1) is 23.1. The average Bonchev–Trinajstić information content (AvgIpc) is 3.16. The number of amides is 1. The van der Waals surface area contributed by atoms with Crippen LogP contribution in [0.2, 0.25) is 5.02 Å². The molecule has 1 amide bonds. The summed E-state index contributed by atoms with van der Waals surface area (Å²) in [6, 6.07) is 11.5. The summed E-state index contributed by atoms with van der Waals surface area (Å²) < 4.78 is 45.9. The lowest BCUT2D eigenvalue weighted by molar-refractivity contribution is -0.137. The van der Waals surface area contributed by atoms with Gasteiger partial charge in [0, 0.05) is 12.6 Å². The standard InChI is InChI=1S/C21H18ClF3N4O3/c1-26-19(30)18(28-31-2)16-9-4-3-6-13(16)12-32-20-17(22)11-29(27-20)15-8-5-7-14(10-15)21(23,24)25/h3-11H,12H2,1-2H3,(H,26,30). The number of hydrogen-bond acceptors (Lipinski definition) is 5. The monoisotopic (exact) mass is 466 g/mol. The highest BCUT2D eigenvalue weighted by molar-refractivity contribution is 6.45. The molecule has 0 aliphatic rings. The summed E-state index contributed by atoms with van der Waals surface area (Å²) >= 11 is 6.18. The molecule has 0 bridgehead atoms. The smallest absolute Gasteiger partial charge is 0.416 e. The Morgan fingerprint density at radius 2 is 1.97 bits per heavy atom. The first-order valence-electron chi connectivity index (χ1n) is 9.21. The summed E-state index contributed by atoms with van der Waals surface area (Å²) in [6.45, 7) is -0.0325. The van der Waals surface area contributed by atoms with Gasteiger partial charge in [-0.2, -0.15) is 13.2 Å². The number of carbonyl (C=O) groups excluding carboxylic acids is 1. The average molecular weight is 467 g/mol. The van der Waals surface area contributed by atoms with Gasteiger partial charge in [0.05, 0.1) is 17.4 Å². The molecule has 0 fully saturated rings. The van der Waals surface area contributed by atoms with E-state index in [0.717, 1.165) is 12.1 Å². The second-order valence-electron chi connectivity index (χ2n) is 6.42. The Bertz CT molecular complexity index is 1150. The first-order chi connectivity index (χ1) is 15.2. The molecule has 0 aliphatic heterocycles. The van der Waals surface area contributed by atoms with Gasteiger partial charge in [0.15, 0.2) is 5.71 Å². The van der Waals surface area contributed by atoms with E-state index < -0.39 is 17.6 Å². The van der Waals surface area contributed by atoms with E-state index in [9.17, 15) is 18.0 Å². The molecule has 3 aromatic rings. The molecule has 0 saturated heterocycles. The fourth-order valence-electron chi connectivity index (χ4n) is 2.84. The van der Waals surface area contributed by atoms with Crippen molar-refractivity contribution in [2.45, 2.75) is 12.8 Å². The maximum absolute atomic E-state index is 13.0. The summed E-state index contributed by atoms with van der Waals surface area (Å²) in [5, 5.41) is 10.5. The van der Waals surface area contributed by atoms with Gasteiger partial charge in [-0.3, -0.25) is 4.79 Å². The molecule has 0 aliphatic carbocycles. The van der Waals surface area contributed by atoms with E-state index in [4.69, 9.17) is 21.2 Å². The third-order valence-electron chi connectivity index (χ3n) is 4.34. The fraction of sp³-hybridized carbons (Fsp3) is 0.190. The maximum atomic E-state index is 13.0. The fourth-order valence-corrected chi connectivity index (χ4v) is 3.02. The number of halogens is 4. The van der Waals surface area contributed by atoms with E-state index in [0.29, 0.717) is 11.1 Å². The molecule has 1 aromatic heterocycles.